The molecule has 1 N–H and O–H groups in total. The molecule has 0 aromatic carbocycles. The summed E-state index contributed by atoms with van der Waals surface area (Å²) in [5.41, 5.74) is 0.380. The highest BCUT2D eigenvalue weighted by Gasteiger charge is 2.27. The average molecular weight is 413 g/mol. The lowest BCUT2D eigenvalue weighted by Gasteiger charge is -2.32. The van der Waals surface area contributed by atoms with Crippen LogP contribution in [0.25, 0.3) is 5.82 Å². The zero-order valence-corrected chi connectivity index (χ0v) is 16.5. The second-order valence-electron chi connectivity index (χ2n) is 6.48. The third-order valence-corrected chi connectivity index (χ3v) is 5.62. The third-order valence-electron chi connectivity index (χ3n) is 4.79. The number of hydrogen-bond donors (Lipinski definition) is 1. The van der Waals surface area contributed by atoms with Crippen LogP contribution in [0.3, 0.4) is 0 Å². The Morgan fingerprint density at radius 3 is 2.72 bits per heavy atom. The highest BCUT2D eigenvalue weighted by Crippen LogP contribution is 2.27. The van der Waals surface area contributed by atoms with Crippen molar-refractivity contribution in [3.05, 3.63) is 42.1 Å². The zero-order chi connectivity index (χ0) is 20.2. The number of anilines is 2. The normalized spacial score (nSPS) is 14.6. The van der Waals surface area contributed by atoms with E-state index in [1.54, 1.807) is 22.5 Å². The van der Waals surface area contributed by atoms with Crippen molar-refractivity contribution in [2.24, 2.45) is 5.92 Å². The summed E-state index contributed by atoms with van der Waals surface area (Å²) in [6, 6.07) is 3.50. The summed E-state index contributed by atoms with van der Waals surface area (Å²) in [6.45, 7) is 1.39. The van der Waals surface area contributed by atoms with Crippen molar-refractivity contribution >= 4 is 34.0 Å². The summed E-state index contributed by atoms with van der Waals surface area (Å²) in [7, 11) is 1.32. The Labute approximate surface area is 170 Å². The molecule has 0 unspecified atom stereocenters. The van der Waals surface area contributed by atoms with Crippen molar-refractivity contribution in [2.75, 3.05) is 30.4 Å². The highest BCUT2D eigenvalue weighted by molar-refractivity contribution is 7.14. The number of esters is 1. The zero-order valence-electron chi connectivity index (χ0n) is 15.7. The first kappa shape index (κ1) is 19.0. The standard InChI is InChI=1S/C18H19N7O3S/c1-28-18(27)13-4-7-29-17(13)23-16(26)12-2-5-24(6-3-12)14-8-15(21-10-20-14)25-11-19-9-22-25/h4,7-12H,2-3,5-6H2,1H3,(H,23,26). The number of methoxy groups -OCH3 is 1. The smallest absolute Gasteiger partial charge is 0.340 e. The van der Waals surface area contributed by atoms with Crippen molar-refractivity contribution < 1.29 is 14.3 Å². The van der Waals surface area contributed by atoms with Gasteiger partial charge in [-0.05, 0) is 24.3 Å². The summed E-state index contributed by atoms with van der Waals surface area (Å²) < 4.78 is 6.32. The molecule has 1 aliphatic rings. The largest absolute Gasteiger partial charge is 0.465 e. The Bertz CT molecular complexity index is 997. The number of aromatic nitrogens is 5. The van der Waals surface area contributed by atoms with Gasteiger partial charge in [0.05, 0.1) is 12.7 Å². The third kappa shape index (κ3) is 4.09. The molecule has 11 heteroatoms. The van der Waals surface area contributed by atoms with Crippen LogP contribution in [0.2, 0.25) is 0 Å². The lowest BCUT2D eigenvalue weighted by atomic mass is 9.96. The first-order chi connectivity index (χ1) is 14.2. The van der Waals surface area contributed by atoms with Gasteiger partial charge in [-0.1, -0.05) is 0 Å². The molecule has 150 valence electrons. The van der Waals surface area contributed by atoms with Crippen LogP contribution in [0.4, 0.5) is 10.8 Å². The number of amides is 1. The molecule has 29 heavy (non-hydrogen) atoms. The first-order valence-electron chi connectivity index (χ1n) is 9.04. The Balaban J connectivity index is 1.37. The van der Waals surface area contributed by atoms with Gasteiger partial charge in [0.15, 0.2) is 5.82 Å². The maximum absolute atomic E-state index is 12.7. The maximum Gasteiger partial charge on any atom is 0.340 e. The lowest BCUT2D eigenvalue weighted by molar-refractivity contribution is -0.120. The molecule has 4 rings (SSSR count). The molecule has 4 heterocycles. The molecule has 3 aromatic rings. The van der Waals surface area contributed by atoms with Crippen LogP contribution in [0.5, 0.6) is 0 Å². The molecule has 3 aromatic heterocycles. The van der Waals surface area contributed by atoms with Gasteiger partial charge in [-0.25, -0.2) is 24.4 Å². The molecule has 0 aliphatic carbocycles. The van der Waals surface area contributed by atoms with Crippen LogP contribution in [0, 0.1) is 5.92 Å². The number of piperidine rings is 1. The number of carbonyl (C=O) groups is 2. The summed E-state index contributed by atoms with van der Waals surface area (Å²) >= 11 is 1.31. The van der Waals surface area contributed by atoms with E-state index in [0.29, 0.717) is 42.3 Å². The summed E-state index contributed by atoms with van der Waals surface area (Å²) in [6.07, 6.45) is 5.90. The summed E-state index contributed by atoms with van der Waals surface area (Å²) in [5.74, 6) is 0.762. The predicted molar refractivity (Wildman–Crippen MR) is 106 cm³/mol. The van der Waals surface area contributed by atoms with Gasteiger partial charge in [0.1, 0.15) is 29.8 Å². The van der Waals surface area contributed by atoms with Gasteiger partial charge in [-0.3, -0.25) is 4.79 Å². The Morgan fingerprint density at radius 2 is 2.00 bits per heavy atom. The number of nitrogens with one attached hydrogen (secondary N) is 1. The monoisotopic (exact) mass is 413 g/mol. The fraction of sp³-hybridized carbons (Fsp3) is 0.333. The Morgan fingerprint density at radius 1 is 1.21 bits per heavy atom. The second kappa shape index (κ2) is 8.35. The number of rotatable bonds is 5. The first-order valence-corrected chi connectivity index (χ1v) is 9.92. The summed E-state index contributed by atoms with van der Waals surface area (Å²) in [5, 5.41) is 9.24. The van der Waals surface area contributed by atoms with Gasteiger partial charge in [-0.15, -0.1) is 11.3 Å². The lowest BCUT2D eigenvalue weighted by Crippen LogP contribution is -2.38. The van der Waals surface area contributed by atoms with Crippen LogP contribution in [0.15, 0.2) is 36.5 Å². The molecule has 0 radical (unpaired) electrons. The SMILES string of the molecule is COC(=O)c1ccsc1NC(=O)C1CCN(c2cc(-n3cncn3)ncn2)CC1. The van der Waals surface area contributed by atoms with Crippen molar-refractivity contribution in [2.45, 2.75) is 12.8 Å². The van der Waals surface area contributed by atoms with Gasteiger partial charge < -0.3 is 15.0 Å². The second-order valence-corrected chi connectivity index (χ2v) is 7.40. The number of ether oxygens (including phenoxy) is 1. The van der Waals surface area contributed by atoms with Gasteiger partial charge in [-0.2, -0.15) is 5.10 Å². The van der Waals surface area contributed by atoms with Gasteiger partial charge in [0.2, 0.25) is 5.91 Å². The number of hydrogen-bond acceptors (Lipinski definition) is 9. The Hall–Kier alpha value is -3.34. The molecular formula is C18H19N7O3S. The van der Waals surface area contributed by atoms with E-state index in [1.807, 2.05) is 6.07 Å². The number of nitrogens with zero attached hydrogens (tertiary/aromatic N) is 6. The molecule has 0 bridgehead atoms. The molecule has 10 nitrogen and oxygen atoms in total. The molecular weight excluding hydrogens is 394 g/mol. The van der Waals surface area contributed by atoms with Crippen molar-refractivity contribution in [1.29, 1.82) is 0 Å². The van der Waals surface area contributed by atoms with Gasteiger partial charge >= 0.3 is 5.97 Å². The highest BCUT2D eigenvalue weighted by atomic mass is 32.1. The quantitative estimate of drug-likeness (QED) is 0.629. The van der Waals surface area contributed by atoms with Crippen molar-refractivity contribution in [3.8, 4) is 5.82 Å². The minimum atomic E-state index is -0.455. The van der Waals surface area contributed by atoms with E-state index in [1.165, 1.54) is 31.1 Å². The van der Waals surface area contributed by atoms with Crippen LogP contribution < -0.4 is 10.2 Å². The van der Waals surface area contributed by atoms with E-state index < -0.39 is 5.97 Å². The molecule has 0 atom stereocenters. The minimum Gasteiger partial charge on any atom is -0.465 e. The number of thiophene rings is 1. The Kier molecular flexibility index (Phi) is 5.47. The van der Waals surface area contributed by atoms with E-state index in [4.69, 9.17) is 4.74 Å². The van der Waals surface area contributed by atoms with E-state index in [-0.39, 0.29) is 11.8 Å². The van der Waals surface area contributed by atoms with Crippen LogP contribution in [-0.2, 0) is 9.53 Å². The van der Waals surface area contributed by atoms with Crippen LogP contribution in [-0.4, -0.2) is 56.8 Å². The molecule has 1 aliphatic heterocycles. The summed E-state index contributed by atoms with van der Waals surface area (Å²) in [4.78, 5) is 39.0. The molecule has 1 saturated heterocycles. The topological polar surface area (TPSA) is 115 Å². The molecule has 1 fully saturated rings. The maximum atomic E-state index is 12.7. The fourth-order valence-corrected chi connectivity index (χ4v) is 4.00. The van der Waals surface area contributed by atoms with Crippen LogP contribution >= 0.6 is 11.3 Å². The van der Waals surface area contributed by atoms with E-state index in [2.05, 4.69) is 30.3 Å². The predicted octanol–water partition coefficient (Wildman–Crippen LogP) is 1.76. The van der Waals surface area contributed by atoms with Crippen molar-refractivity contribution in [1.82, 2.24) is 24.7 Å². The van der Waals surface area contributed by atoms with E-state index >= 15 is 0 Å². The average Bonchev–Trinajstić information content (AvgIpc) is 3.46. The van der Waals surface area contributed by atoms with Crippen molar-refractivity contribution in [3.63, 3.8) is 0 Å². The molecule has 0 saturated carbocycles. The van der Waals surface area contributed by atoms with Gasteiger partial charge in [0, 0.05) is 25.1 Å². The molecule has 0 spiro atoms. The fourth-order valence-electron chi connectivity index (χ4n) is 3.22. The molecule has 1 amide bonds. The van der Waals surface area contributed by atoms with E-state index in [9.17, 15) is 9.59 Å². The minimum absolute atomic E-state index is 0.0803. The van der Waals surface area contributed by atoms with Gasteiger partial charge in [0.25, 0.3) is 0 Å². The number of carbonyl (C=O) groups excluding carboxylic acids is 2. The van der Waals surface area contributed by atoms with E-state index in [0.717, 1.165) is 5.82 Å². The van der Waals surface area contributed by atoms with Crippen LogP contribution in [0.1, 0.15) is 23.2 Å².